The lowest BCUT2D eigenvalue weighted by molar-refractivity contribution is 0.111. The van der Waals surface area contributed by atoms with Gasteiger partial charge in [0.25, 0.3) is 0 Å². The van der Waals surface area contributed by atoms with E-state index in [-0.39, 0.29) is 34.4 Å². The van der Waals surface area contributed by atoms with Crippen molar-refractivity contribution in [3.63, 3.8) is 0 Å². The van der Waals surface area contributed by atoms with Gasteiger partial charge in [0.2, 0.25) is 0 Å². The summed E-state index contributed by atoms with van der Waals surface area (Å²) in [5.74, 6) is -0.679. The molecule has 0 saturated heterocycles. The number of halogens is 3. The van der Waals surface area contributed by atoms with Crippen molar-refractivity contribution in [2.24, 2.45) is 0 Å². The maximum Gasteiger partial charge on any atom is 0.188 e. The fraction of sp³-hybridized carbons (Fsp3) is 0.100. The van der Waals surface area contributed by atoms with Crippen LogP contribution in [0, 0.1) is 5.82 Å². The Bertz CT molecular complexity index is 580. The molecule has 0 radical (unpaired) electrons. The van der Waals surface area contributed by atoms with Crippen molar-refractivity contribution in [2.75, 3.05) is 7.11 Å². The van der Waals surface area contributed by atoms with Gasteiger partial charge in [-0.2, -0.15) is 9.19 Å². The van der Waals surface area contributed by atoms with Gasteiger partial charge in [-0.3, -0.25) is 4.79 Å². The van der Waals surface area contributed by atoms with Crippen molar-refractivity contribution in [1.82, 2.24) is 14.2 Å². The number of nitrogens with zero attached hydrogens (tertiary/aromatic N) is 3. The summed E-state index contributed by atoms with van der Waals surface area (Å²) < 4.78 is 26.9. The molecule has 0 fully saturated rings. The molecule has 0 bridgehead atoms. The Balaban J connectivity index is 0.000000861. The minimum Gasteiger partial charge on any atom is -0.400 e. The van der Waals surface area contributed by atoms with Crippen LogP contribution in [0.1, 0.15) is 10.5 Å². The van der Waals surface area contributed by atoms with E-state index in [4.69, 9.17) is 16.7 Å². The van der Waals surface area contributed by atoms with Gasteiger partial charge < -0.3 is 5.11 Å². The third kappa shape index (κ3) is 3.49. The van der Waals surface area contributed by atoms with Crippen molar-refractivity contribution < 1.29 is 18.2 Å². The zero-order valence-electron chi connectivity index (χ0n) is 9.55. The van der Waals surface area contributed by atoms with Gasteiger partial charge in [0, 0.05) is 12.7 Å². The number of rotatable bonds is 3. The summed E-state index contributed by atoms with van der Waals surface area (Å²) >= 11 is 5.38. The standard InChI is InChI=1S/C9H4ClF2N3OS.CH4O/c10-9-2-6(7(11)3-13-9)8-1-5(4-16)14-15(8)17-12;1-2/h1-4H;2H,1H3. The zero-order valence-corrected chi connectivity index (χ0v) is 11.1. The first kappa shape index (κ1) is 15.5. The van der Waals surface area contributed by atoms with E-state index in [0.29, 0.717) is 6.29 Å². The fourth-order valence-corrected chi connectivity index (χ4v) is 1.79. The van der Waals surface area contributed by atoms with Gasteiger partial charge in [-0.25, -0.2) is 9.37 Å². The van der Waals surface area contributed by atoms with Crippen molar-refractivity contribution >= 4 is 30.2 Å². The van der Waals surface area contributed by atoms with Crippen LogP contribution < -0.4 is 0 Å². The molecule has 5 nitrogen and oxygen atoms in total. The summed E-state index contributed by atoms with van der Waals surface area (Å²) in [4.78, 5) is 14.1. The number of aromatic nitrogens is 3. The summed E-state index contributed by atoms with van der Waals surface area (Å²) in [5, 5.41) is 10.7. The lowest BCUT2D eigenvalue weighted by Gasteiger charge is -2.02. The van der Waals surface area contributed by atoms with Crippen LogP contribution in [0.2, 0.25) is 5.15 Å². The van der Waals surface area contributed by atoms with Crippen LogP contribution in [0.25, 0.3) is 11.3 Å². The lowest BCUT2D eigenvalue weighted by Crippen LogP contribution is -1.94. The number of hydrogen-bond acceptors (Lipinski definition) is 5. The Morgan fingerprint density at radius 1 is 1.47 bits per heavy atom. The van der Waals surface area contributed by atoms with Gasteiger partial charge in [0.15, 0.2) is 24.4 Å². The first-order valence-electron chi connectivity index (χ1n) is 4.76. The number of hydrogen-bond donors (Lipinski definition) is 1. The molecule has 102 valence electrons. The number of carbonyl (C=O) groups is 1. The van der Waals surface area contributed by atoms with Crippen molar-refractivity contribution in [2.45, 2.75) is 0 Å². The van der Waals surface area contributed by atoms with Crippen molar-refractivity contribution in [1.29, 1.82) is 0 Å². The van der Waals surface area contributed by atoms with E-state index in [1.54, 1.807) is 0 Å². The summed E-state index contributed by atoms with van der Waals surface area (Å²) in [5.41, 5.74) is 0.120. The van der Waals surface area contributed by atoms with E-state index >= 15 is 0 Å². The van der Waals surface area contributed by atoms with Crippen LogP contribution in [0.3, 0.4) is 0 Å². The second-order valence-corrected chi connectivity index (χ2v) is 3.87. The first-order chi connectivity index (χ1) is 9.15. The van der Waals surface area contributed by atoms with Crippen LogP contribution in [0.15, 0.2) is 18.3 Å². The average molecular weight is 308 g/mol. The smallest absolute Gasteiger partial charge is 0.188 e. The van der Waals surface area contributed by atoms with E-state index in [0.717, 1.165) is 17.4 Å². The highest BCUT2D eigenvalue weighted by Crippen LogP contribution is 2.28. The molecule has 2 rings (SSSR count). The number of aldehydes is 1. The van der Waals surface area contributed by atoms with Gasteiger partial charge in [-0.1, -0.05) is 11.6 Å². The maximum atomic E-state index is 13.5. The Hall–Kier alpha value is -1.51. The van der Waals surface area contributed by atoms with Gasteiger partial charge in [0.05, 0.1) is 11.9 Å². The topological polar surface area (TPSA) is 68.0 Å². The number of aliphatic hydroxyl groups is 1. The molecular formula is C10H8ClF2N3O2S. The van der Waals surface area contributed by atoms with Gasteiger partial charge in [-0.05, 0) is 12.1 Å². The largest absolute Gasteiger partial charge is 0.400 e. The highest BCUT2D eigenvalue weighted by molar-refractivity contribution is 7.92. The molecule has 0 saturated carbocycles. The molecule has 2 heterocycles. The zero-order chi connectivity index (χ0) is 14.4. The normalized spacial score (nSPS) is 9.74. The molecule has 0 aliphatic carbocycles. The van der Waals surface area contributed by atoms with Crippen LogP contribution in [0.4, 0.5) is 8.28 Å². The summed E-state index contributed by atoms with van der Waals surface area (Å²) in [6.45, 7) is 0. The molecule has 0 aliphatic heterocycles. The molecule has 0 atom stereocenters. The van der Waals surface area contributed by atoms with Crippen LogP contribution in [-0.4, -0.2) is 32.7 Å². The number of pyridine rings is 1. The highest BCUT2D eigenvalue weighted by Gasteiger charge is 2.15. The minimum atomic E-state index is -0.679. The van der Waals surface area contributed by atoms with E-state index in [2.05, 4.69) is 10.1 Å². The predicted molar refractivity (Wildman–Crippen MR) is 68.1 cm³/mol. The van der Waals surface area contributed by atoms with Crippen molar-refractivity contribution in [3.05, 3.63) is 35.0 Å². The second kappa shape index (κ2) is 7.17. The summed E-state index contributed by atoms with van der Waals surface area (Å²) in [6.07, 6.45) is 1.36. The monoisotopic (exact) mass is 307 g/mol. The molecule has 1 N–H and O–H groups in total. The van der Waals surface area contributed by atoms with Crippen LogP contribution >= 0.6 is 23.9 Å². The molecule has 19 heavy (non-hydrogen) atoms. The third-order valence-corrected chi connectivity index (χ3v) is 2.60. The Labute approximate surface area is 116 Å². The van der Waals surface area contributed by atoms with E-state index < -0.39 is 5.82 Å². The second-order valence-electron chi connectivity index (χ2n) is 3.00. The summed E-state index contributed by atoms with van der Waals surface area (Å²) in [7, 11) is 1.00. The summed E-state index contributed by atoms with van der Waals surface area (Å²) in [6, 6.07) is 2.49. The quantitative estimate of drug-likeness (QED) is 0.697. The molecule has 0 amide bonds. The molecule has 0 unspecified atom stereocenters. The van der Waals surface area contributed by atoms with E-state index in [1.807, 2.05) is 0 Å². The molecule has 9 heteroatoms. The van der Waals surface area contributed by atoms with E-state index in [9.17, 15) is 13.1 Å². The SMILES string of the molecule is CO.O=Cc1cc(-c2cc(Cl)ncc2F)n(SF)n1. The van der Waals surface area contributed by atoms with Crippen LogP contribution in [-0.2, 0) is 0 Å². The minimum absolute atomic E-state index is 0.00233. The van der Waals surface area contributed by atoms with E-state index in [1.165, 1.54) is 12.1 Å². The van der Waals surface area contributed by atoms with Gasteiger partial charge >= 0.3 is 0 Å². The first-order valence-corrected chi connectivity index (χ1v) is 5.81. The number of carbonyl (C=O) groups excluding carboxylic acids is 1. The van der Waals surface area contributed by atoms with Crippen LogP contribution in [0.5, 0.6) is 0 Å². The number of aliphatic hydroxyl groups excluding tert-OH is 1. The fourth-order valence-electron chi connectivity index (χ4n) is 1.28. The van der Waals surface area contributed by atoms with Crippen molar-refractivity contribution in [3.8, 4) is 11.3 Å². The Morgan fingerprint density at radius 3 is 2.74 bits per heavy atom. The molecule has 0 aromatic carbocycles. The molecular weight excluding hydrogens is 300 g/mol. The molecule has 0 aliphatic rings. The van der Waals surface area contributed by atoms with Gasteiger partial charge in [0.1, 0.15) is 10.8 Å². The molecule has 2 aromatic rings. The average Bonchev–Trinajstić information content (AvgIpc) is 2.87. The molecule has 0 spiro atoms. The third-order valence-electron chi connectivity index (χ3n) is 1.98. The maximum absolute atomic E-state index is 13.5. The molecule has 2 aromatic heterocycles. The predicted octanol–water partition coefficient (Wildman–Crippen LogP) is 2.54. The Kier molecular flexibility index (Phi) is 5.87. The Morgan fingerprint density at radius 2 is 2.16 bits per heavy atom. The lowest BCUT2D eigenvalue weighted by atomic mass is 10.2. The van der Waals surface area contributed by atoms with Gasteiger partial charge in [-0.15, -0.1) is 3.89 Å². The highest BCUT2D eigenvalue weighted by atomic mass is 35.5.